The van der Waals surface area contributed by atoms with Crippen molar-refractivity contribution in [1.29, 1.82) is 0 Å². The second kappa shape index (κ2) is 4.58. The minimum atomic E-state index is 0.461. The van der Waals surface area contributed by atoms with E-state index >= 15 is 0 Å². The van der Waals surface area contributed by atoms with E-state index in [4.69, 9.17) is 11.6 Å². The largest absolute Gasteiger partial charge is 0.310 e. The fraction of sp³-hybridized carbons (Fsp3) is 0.286. The molecule has 0 radical (unpaired) electrons. The first-order chi connectivity index (χ1) is 8.79. The molecule has 4 heteroatoms. The van der Waals surface area contributed by atoms with Crippen LogP contribution in [0.2, 0.25) is 0 Å². The maximum atomic E-state index is 5.83. The highest BCUT2D eigenvalue weighted by Gasteiger charge is 2.21. The quantitative estimate of drug-likeness (QED) is 0.776. The van der Waals surface area contributed by atoms with Gasteiger partial charge in [-0.3, -0.25) is 0 Å². The Balaban J connectivity index is 2.00. The Hall–Kier alpha value is -1.61. The van der Waals surface area contributed by atoms with Crippen molar-refractivity contribution in [3.05, 3.63) is 47.3 Å². The lowest BCUT2D eigenvalue weighted by Gasteiger charge is -2.17. The molecule has 0 N–H and O–H groups in total. The molecule has 0 saturated carbocycles. The maximum Gasteiger partial charge on any atom is 0.230 e. The molecule has 0 spiro atoms. The van der Waals surface area contributed by atoms with E-state index in [0.29, 0.717) is 5.88 Å². The van der Waals surface area contributed by atoms with Gasteiger partial charge in [-0.05, 0) is 25.0 Å². The van der Waals surface area contributed by atoms with E-state index in [1.165, 1.54) is 11.3 Å². The van der Waals surface area contributed by atoms with Gasteiger partial charge in [-0.2, -0.15) is 0 Å². The Morgan fingerprint density at radius 3 is 2.94 bits per heavy atom. The third-order valence-corrected chi connectivity index (χ3v) is 3.63. The standard InChI is InChI=1S/C14H14ClN3/c1-10-12(8-15)9-16-14(17-10)18-7-6-11-4-2-3-5-13(11)18/h2-5,9H,6-8H2,1H3. The Morgan fingerprint density at radius 1 is 1.33 bits per heavy atom. The topological polar surface area (TPSA) is 29.0 Å². The molecular weight excluding hydrogens is 246 g/mol. The number of alkyl halides is 1. The van der Waals surface area contributed by atoms with Gasteiger partial charge in [-0.1, -0.05) is 18.2 Å². The minimum absolute atomic E-state index is 0.461. The molecular formula is C14H14ClN3. The van der Waals surface area contributed by atoms with E-state index in [9.17, 15) is 0 Å². The predicted octanol–water partition coefficient (Wildman–Crippen LogP) is 3.22. The zero-order valence-electron chi connectivity index (χ0n) is 10.2. The van der Waals surface area contributed by atoms with Crippen LogP contribution in [0.25, 0.3) is 0 Å². The SMILES string of the molecule is Cc1nc(N2CCc3ccccc32)ncc1CCl. The lowest BCUT2D eigenvalue weighted by atomic mass is 10.2. The molecule has 2 aromatic rings. The number of aryl methyl sites for hydroxylation is 1. The lowest BCUT2D eigenvalue weighted by Crippen LogP contribution is -2.17. The van der Waals surface area contributed by atoms with E-state index in [0.717, 1.165) is 30.2 Å². The van der Waals surface area contributed by atoms with Crippen molar-refractivity contribution >= 4 is 23.2 Å². The summed E-state index contributed by atoms with van der Waals surface area (Å²) >= 11 is 5.83. The number of hydrogen-bond donors (Lipinski definition) is 0. The Labute approximate surface area is 111 Å². The third kappa shape index (κ3) is 1.85. The van der Waals surface area contributed by atoms with Crippen LogP contribution >= 0.6 is 11.6 Å². The van der Waals surface area contributed by atoms with Crippen molar-refractivity contribution < 1.29 is 0 Å². The Morgan fingerprint density at radius 2 is 2.17 bits per heavy atom. The molecule has 1 aliphatic rings. The monoisotopic (exact) mass is 259 g/mol. The smallest absolute Gasteiger partial charge is 0.230 e. The van der Waals surface area contributed by atoms with Gasteiger partial charge in [0.1, 0.15) is 0 Å². The van der Waals surface area contributed by atoms with Crippen molar-refractivity contribution in [2.75, 3.05) is 11.4 Å². The molecule has 0 atom stereocenters. The van der Waals surface area contributed by atoms with Crippen LogP contribution in [-0.4, -0.2) is 16.5 Å². The Kier molecular flexibility index (Phi) is 2.92. The Bertz CT molecular complexity index is 583. The van der Waals surface area contributed by atoms with E-state index in [-0.39, 0.29) is 0 Å². The number of anilines is 2. The summed E-state index contributed by atoms with van der Waals surface area (Å²) in [6.45, 7) is 2.92. The second-order valence-electron chi connectivity index (χ2n) is 4.44. The summed E-state index contributed by atoms with van der Waals surface area (Å²) in [6, 6.07) is 8.41. The van der Waals surface area contributed by atoms with E-state index in [2.05, 4.69) is 39.1 Å². The van der Waals surface area contributed by atoms with Crippen LogP contribution in [0.1, 0.15) is 16.8 Å². The summed E-state index contributed by atoms with van der Waals surface area (Å²) in [6.07, 6.45) is 2.88. The van der Waals surface area contributed by atoms with Gasteiger partial charge in [-0.15, -0.1) is 11.6 Å². The number of halogens is 1. The van der Waals surface area contributed by atoms with E-state index < -0.39 is 0 Å². The molecule has 92 valence electrons. The number of benzene rings is 1. The number of rotatable bonds is 2. The molecule has 0 unspecified atom stereocenters. The van der Waals surface area contributed by atoms with Gasteiger partial charge in [-0.25, -0.2) is 9.97 Å². The fourth-order valence-corrected chi connectivity index (χ4v) is 2.55. The normalized spacial score (nSPS) is 13.8. The first-order valence-electron chi connectivity index (χ1n) is 6.03. The van der Waals surface area contributed by atoms with Gasteiger partial charge in [0.25, 0.3) is 0 Å². The maximum absolute atomic E-state index is 5.83. The highest BCUT2D eigenvalue weighted by molar-refractivity contribution is 6.17. The van der Waals surface area contributed by atoms with E-state index in [1.807, 2.05) is 13.1 Å². The molecule has 0 fully saturated rings. The number of aromatic nitrogens is 2. The molecule has 3 rings (SSSR count). The van der Waals surface area contributed by atoms with Crippen LogP contribution in [0.3, 0.4) is 0 Å². The summed E-state index contributed by atoms with van der Waals surface area (Å²) in [5.74, 6) is 1.23. The highest BCUT2D eigenvalue weighted by Crippen LogP contribution is 2.32. The average molecular weight is 260 g/mol. The van der Waals surface area contributed by atoms with Crippen LogP contribution < -0.4 is 4.90 Å². The van der Waals surface area contributed by atoms with Crippen LogP contribution in [0, 0.1) is 6.92 Å². The fourth-order valence-electron chi connectivity index (χ4n) is 2.29. The van der Waals surface area contributed by atoms with Gasteiger partial charge in [0.05, 0.1) is 5.88 Å². The van der Waals surface area contributed by atoms with Crippen molar-refractivity contribution in [3.8, 4) is 0 Å². The van der Waals surface area contributed by atoms with Gasteiger partial charge >= 0.3 is 0 Å². The van der Waals surface area contributed by atoms with Crippen molar-refractivity contribution in [1.82, 2.24) is 9.97 Å². The highest BCUT2D eigenvalue weighted by atomic mass is 35.5. The van der Waals surface area contributed by atoms with Crippen molar-refractivity contribution in [2.24, 2.45) is 0 Å². The summed E-state index contributed by atoms with van der Waals surface area (Å²) in [4.78, 5) is 11.1. The molecule has 18 heavy (non-hydrogen) atoms. The summed E-state index contributed by atoms with van der Waals surface area (Å²) in [5.41, 5.74) is 4.53. The van der Waals surface area contributed by atoms with Gasteiger partial charge in [0, 0.05) is 29.7 Å². The zero-order valence-corrected chi connectivity index (χ0v) is 11.0. The van der Waals surface area contributed by atoms with Crippen LogP contribution in [-0.2, 0) is 12.3 Å². The van der Waals surface area contributed by atoms with Crippen molar-refractivity contribution in [2.45, 2.75) is 19.2 Å². The van der Waals surface area contributed by atoms with Crippen molar-refractivity contribution in [3.63, 3.8) is 0 Å². The molecule has 3 nitrogen and oxygen atoms in total. The van der Waals surface area contributed by atoms with Gasteiger partial charge in [0.2, 0.25) is 5.95 Å². The third-order valence-electron chi connectivity index (χ3n) is 3.34. The molecule has 2 heterocycles. The molecule has 1 aromatic heterocycles. The number of fused-ring (bicyclic) bond motifs is 1. The molecule has 0 amide bonds. The van der Waals surface area contributed by atoms with Gasteiger partial charge in [0.15, 0.2) is 0 Å². The lowest BCUT2D eigenvalue weighted by molar-refractivity contribution is 0.920. The average Bonchev–Trinajstić information content (AvgIpc) is 2.82. The summed E-state index contributed by atoms with van der Waals surface area (Å²) in [5, 5.41) is 0. The van der Waals surface area contributed by atoms with Crippen LogP contribution in [0.4, 0.5) is 11.6 Å². The molecule has 1 aromatic carbocycles. The van der Waals surface area contributed by atoms with Crippen LogP contribution in [0.5, 0.6) is 0 Å². The van der Waals surface area contributed by atoms with Gasteiger partial charge < -0.3 is 4.90 Å². The molecule has 0 bridgehead atoms. The zero-order chi connectivity index (χ0) is 12.5. The molecule has 0 aliphatic carbocycles. The number of hydrogen-bond acceptors (Lipinski definition) is 3. The second-order valence-corrected chi connectivity index (χ2v) is 4.71. The number of nitrogens with zero attached hydrogens (tertiary/aromatic N) is 3. The summed E-state index contributed by atoms with van der Waals surface area (Å²) in [7, 11) is 0. The minimum Gasteiger partial charge on any atom is -0.310 e. The first-order valence-corrected chi connectivity index (χ1v) is 6.57. The molecule has 0 saturated heterocycles. The number of para-hydroxylation sites is 1. The first kappa shape index (κ1) is 11.5. The molecule has 1 aliphatic heterocycles. The predicted molar refractivity (Wildman–Crippen MR) is 73.5 cm³/mol. The van der Waals surface area contributed by atoms with E-state index in [1.54, 1.807) is 0 Å². The van der Waals surface area contributed by atoms with Crippen LogP contribution in [0.15, 0.2) is 30.5 Å². The summed E-state index contributed by atoms with van der Waals surface area (Å²) < 4.78 is 0.